The summed E-state index contributed by atoms with van der Waals surface area (Å²) in [5.41, 5.74) is 7.64. The number of hydrogen-bond donors (Lipinski definition) is 3. The van der Waals surface area contributed by atoms with Gasteiger partial charge in [-0.15, -0.1) is 0 Å². The third-order valence-corrected chi connectivity index (χ3v) is 3.01. The maximum absolute atomic E-state index is 10.9. The first-order chi connectivity index (χ1) is 8.06. The Morgan fingerprint density at radius 1 is 1.59 bits per heavy atom. The Bertz CT molecular complexity index is 593. The van der Waals surface area contributed by atoms with E-state index >= 15 is 0 Å². The van der Waals surface area contributed by atoms with E-state index in [2.05, 4.69) is 20.3 Å². The maximum atomic E-state index is 10.9. The molecule has 0 aliphatic rings. The Morgan fingerprint density at radius 3 is 3.00 bits per heavy atom. The molecule has 17 heavy (non-hydrogen) atoms. The number of rotatable bonds is 3. The average molecular weight is 272 g/mol. The smallest absolute Gasteiger partial charge is 0.304 e. The van der Waals surface area contributed by atoms with Crippen molar-refractivity contribution in [3.05, 3.63) is 31.7 Å². The zero-order valence-corrected chi connectivity index (χ0v) is 10.5. The van der Waals surface area contributed by atoms with E-state index in [1.165, 1.54) is 0 Å². The summed E-state index contributed by atoms with van der Waals surface area (Å²) >= 11 is 6.84. The van der Waals surface area contributed by atoms with Crippen molar-refractivity contribution < 1.29 is 0 Å². The Balaban J connectivity index is 2.16. The lowest BCUT2D eigenvalue weighted by atomic mass is 10.3. The molecule has 0 saturated carbocycles. The lowest BCUT2D eigenvalue weighted by Crippen LogP contribution is -2.08. The number of nitrogen functional groups attached to an aromatic ring is 1. The number of nitrogens with two attached hydrogens (primary N) is 1. The molecule has 0 aromatic carbocycles. The van der Waals surface area contributed by atoms with Gasteiger partial charge in [0, 0.05) is 11.1 Å². The molecule has 0 saturated heterocycles. The average Bonchev–Trinajstić information content (AvgIpc) is 2.67. The van der Waals surface area contributed by atoms with Gasteiger partial charge in [0.2, 0.25) is 5.28 Å². The fraction of sp³-hybridized carbons (Fsp3) is 0.222. The number of hydrogen-bond acceptors (Lipinski definition) is 6. The fourth-order valence-corrected chi connectivity index (χ4v) is 2.05. The van der Waals surface area contributed by atoms with E-state index in [9.17, 15) is 4.79 Å². The van der Waals surface area contributed by atoms with Crippen molar-refractivity contribution in [2.75, 3.05) is 11.1 Å². The van der Waals surface area contributed by atoms with Crippen molar-refractivity contribution in [2.24, 2.45) is 0 Å². The predicted molar refractivity (Wildman–Crippen MR) is 68.5 cm³/mol. The van der Waals surface area contributed by atoms with Gasteiger partial charge in [-0.1, -0.05) is 11.3 Å². The highest BCUT2D eigenvalue weighted by atomic mass is 35.5. The van der Waals surface area contributed by atoms with Gasteiger partial charge in [0.15, 0.2) is 5.82 Å². The Labute approximate surface area is 106 Å². The van der Waals surface area contributed by atoms with E-state index < -0.39 is 0 Å². The lowest BCUT2D eigenvalue weighted by molar-refractivity contribution is 1.02. The number of halogens is 1. The summed E-state index contributed by atoms with van der Waals surface area (Å²) in [4.78, 5) is 21.4. The molecule has 0 bridgehead atoms. The number of thiazole rings is 1. The van der Waals surface area contributed by atoms with Gasteiger partial charge in [-0.05, 0) is 18.5 Å². The van der Waals surface area contributed by atoms with E-state index in [1.807, 2.05) is 0 Å². The summed E-state index contributed by atoms with van der Waals surface area (Å²) in [6.07, 6.45) is 0. The molecule has 0 atom stereocenters. The first-order valence-electron chi connectivity index (χ1n) is 4.76. The van der Waals surface area contributed by atoms with Gasteiger partial charge in [-0.25, -0.2) is 4.98 Å². The van der Waals surface area contributed by atoms with Crippen LogP contribution in [0.5, 0.6) is 0 Å². The molecule has 4 N–H and O–H groups in total. The van der Waals surface area contributed by atoms with E-state index in [4.69, 9.17) is 17.3 Å². The van der Waals surface area contributed by atoms with Crippen molar-refractivity contribution in [3.8, 4) is 0 Å². The molecule has 8 heteroatoms. The number of aromatic amines is 1. The van der Waals surface area contributed by atoms with Crippen LogP contribution in [-0.4, -0.2) is 15.0 Å². The maximum Gasteiger partial charge on any atom is 0.304 e. The molecule has 0 aliphatic heterocycles. The molecule has 2 aromatic rings. The molecule has 6 nitrogen and oxygen atoms in total. The van der Waals surface area contributed by atoms with Gasteiger partial charge >= 0.3 is 4.87 Å². The molecule has 0 spiro atoms. The SMILES string of the molecule is Cc1nc(Cl)nc(NCc2csc(=O)[nH]2)c1N. The molecule has 90 valence electrons. The Hall–Kier alpha value is -1.60. The van der Waals surface area contributed by atoms with Crippen molar-refractivity contribution >= 4 is 34.4 Å². The number of H-pyrrole nitrogens is 1. The number of nitrogens with one attached hydrogen (secondary N) is 2. The van der Waals surface area contributed by atoms with Crippen LogP contribution in [0.4, 0.5) is 11.5 Å². The van der Waals surface area contributed by atoms with Crippen LogP contribution in [0.25, 0.3) is 0 Å². The minimum atomic E-state index is -0.0910. The number of nitrogens with zero attached hydrogens (tertiary/aromatic N) is 2. The first-order valence-corrected chi connectivity index (χ1v) is 6.02. The summed E-state index contributed by atoms with van der Waals surface area (Å²) in [5, 5.41) is 4.87. The van der Waals surface area contributed by atoms with Crippen LogP contribution in [0.1, 0.15) is 11.4 Å². The molecule has 0 unspecified atom stereocenters. The van der Waals surface area contributed by atoms with E-state index in [1.54, 1.807) is 12.3 Å². The van der Waals surface area contributed by atoms with Gasteiger partial charge in [-0.2, -0.15) is 4.98 Å². The Morgan fingerprint density at radius 2 is 2.35 bits per heavy atom. The molecule has 2 heterocycles. The molecule has 0 radical (unpaired) electrons. The second-order valence-corrected chi connectivity index (χ2v) is 4.55. The van der Waals surface area contributed by atoms with Gasteiger partial charge in [0.25, 0.3) is 0 Å². The molecule has 0 aliphatic carbocycles. The van der Waals surface area contributed by atoms with Crippen LogP contribution in [0.15, 0.2) is 10.2 Å². The van der Waals surface area contributed by atoms with Gasteiger partial charge in [-0.3, -0.25) is 4.79 Å². The normalized spacial score (nSPS) is 10.5. The van der Waals surface area contributed by atoms with Crippen LogP contribution in [0, 0.1) is 6.92 Å². The van der Waals surface area contributed by atoms with Crippen molar-refractivity contribution in [1.82, 2.24) is 15.0 Å². The summed E-state index contributed by atoms with van der Waals surface area (Å²) in [7, 11) is 0. The number of anilines is 2. The highest BCUT2D eigenvalue weighted by Gasteiger charge is 2.07. The zero-order chi connectivity index (χ0) is 12.4. The van der Waals surface area contributed by atoms with Crippen molar-refractivity contribution in [1.29, 1.82) is 0 Å². The molecular formula is C9H10ClN5OS. The third-order valence-electron chi connectivity index (χ3n) is 2.13. The minimum absolute atomic E-state index is 0.0910. The van der Waals surface area contributed by atoms with Gasteiger partial charge in [0.1, 0.15) is 0 Å². The van der Waals surface area contributed by atoms with Gasteiger partial charge in [0.05, 0.1) is 17.9 Å². The highest BCUT2D eigenvalue weighted by Crippen LogP contribution is 2.20. The summed E-state index contributed by atoms with van der Waals surface area (Å²) in [6, 6.07) is 0. The van der Waals surface area contributed by atoms with Crippen LogP contribution in [0.3, 0.4) is 0 Å². The van der Waals surface area contributed by atoms with E-state index in [0.29, 0.717) is 23.7 Å². The fourth-order valence-electron chi connectivity index (χ4n) is 1.26. The van der Waals surface area contributed by atoms with Crippen LogP contribution in [-0.2, 0) is 6.54 Å². The van der Waals surface area contributed by atoms with E-state index in [-0.39, 0.29) is 10.2 Å². The number of aromatic nitrogens is 3. The van der Waals surface area contributed by atoms with Gasteiger partial charge < -0.3 is 16.0 Å². The Kier molecular flexibility index (Phi) is 3.30. The summed E-state index contributed by atoms with van der Waals surface area (Å²) < 4.78 is 0. The lowest BCUT2D eigenvalue weighted by Gasteiger charge is -2.08. The molecular weight excluding hydrogens is 262 g/mol. The molecule has 2 rings (SSSR count). The minimum Gasteiger partial charge on any atom is -0.394 e. The summed E-state index contributed by atoms with van der Waals surface area (Å²) in [5.74, 6) is 0.467. The molecule has 0 fully saturated rings. The van der Waals surface area contributed by atoms with Crippen LogP contribution in [0.2, 0.25) is 5.28 Å². The monoisotopic (exact) mass is 271 g/mol. The first kappa shape index (κ1) is 11.9. The quantitative estimate of drug-likeness (QED) is 0.733. The van der Waals surface area contributed by atoms with Crippen LogP contribution < -0.4 is 15.9 Å². The third kappa shape index (κ3) is 2.75. The molecule has 2 aromatic heterocycles. The second kappa shape index (κ2) is 4.72. The predicted octanol–water partition coefficient (Wildman–Crippen LogP) is 1.38. The van der Waals surface area contributed by atoms with Crippen molar-refractivity contribution in [2.45, 2.75) is 13.5 Å². The number of aryl methyl sites for hydroxylation is 1. The topological polar surface area (TPSA) is 96.7 Å². The van der Waals surface area contributed by atoms with E-state index in [0.717, 1.165) is 17.0 Å². The summed E-state index contributed by atoms with van der Waals surface area (Å²) in [6.45, 7) is 2.18. The largest absolute Gasteiger partial charge is 0.394 e. The van der Waals surface area contributed by atoms with Crippen molar-refractivity contribution in [3.63, 3.8) is 0 Å². The zero-order valence-electron chi connectivity index (χ0n) is 8.95. The standard InChI is InChI=1S/C9H10ClN5OS/c1-4-6(11)7(15-8(10)13-4)12-2-5-3-17-9(16)14-5/h3H,2,11H2,1H3,(H,14,16)(H,12,13,15). The highest BCUT2D eigenvalue weighted by molar-refractivity contribution is 7.07. The van der Waals surface area contributed by atoms with Crippen LogP contribution >= 0.6 is 22.9 Å². The molecule has 0 amide bonds. The second-order valence-electron chi connectivity index (χ2n) is 3.37.